The molecule has 2 aromatic carbocycles. The highest BCUT2D eigenvalue weighted by Gasteiger charge is 2.43. The lowest BCUT2D eigenvalue weighted by Crippen LogP contribution is -2.48. The highest BCUT2D eigenvalue weighted by Crippen LogP contribution is 2.40. The van der Waals surface area contributed by atoms with Gasteiger partial charge in [0, 0.05) is 37.5 Å². The van der Waals surface area contributed by atoms with Crippen molar-refractivity contribution >= 4 is 6.09 Å². The maximum atomic E-state index is 13.1. The number of aromatic nitrogens is 1. The Hall–Kier alpha value is -3.18. The second-order valence-electron chi connectivity index (χ2n) is 8.55. The summed E-state index contributed by atoms with van der Waals surface area (Å²) in [4.78, 5) is 19.2. The summed E-state index contributed by atoms with van der Waals surface area (Å²) in [5, 5.41) is 9.38. The Morgan fingerprint density at radius 2 is 1.84 bits per heavy atom. The monoisotopic (exact) mass is 430 g/mol. The SMILES string of the molecule is Cc1cncc(-c2ccc([C@H](C)N3CC[C@](CCCO)(c4ccccc4)OC3=O)cc2)c1. The summed E-state index contributed by atoms with van der Waals surface area (Å²) in [6, 6.07) is 20.2. The number of hydrogen-bond acceptors (Lipinski definition) is 4. The fraction of sp³-hybridized carbons (Fsp3) is 0.333. The lowest BCUT2D eigenvalue weighted by Gasteiger charge is -2.43. The summed E-state index contributed by atoms with van der Waals surface area (Å²) in [7, 11) is 0. The maximum Gasteiger partial charge on any atom is 0.411 e. The summed E-state index contributed by atoms with van der Waals surface area (Å²) in [6.07, 6.45) is 5.30. The van der Waals surface area contributed by atoms with E-state index < -0.39 is 5.60 Å². The second kappa shape index (κ2) is 9.53. The van der Waals surface area contributed by atoms with Crippen molar-refractivity contribution in [3.05, 3.63) is 89.7 Å². The van der Waals surface area contributed by atoms with Gasteiger partial charge in [0.25, 0.3) is 0 Å². The molecule has 2 heterocycles. The molecule has 4 rings (SSSR count). The quantitative estimate of drug-likeness (QED) is 0.528. The average molecular weight is 431 g/mol. The summed E-state index contributed by atoms with van der Waals surface area (Å²) >= 11 is 0. The zero-order valence-electron chi connectivity index (χ0n) is 18.7. The number of cyclic esters (lactones) is 1. The summed E-state index contributed by atoms with van der Waals surface area (Å²) in [5.74, 6) is 0. The van der Waals surface area contributed by atoms with E-state index in [9.17, 15) is 9.90 Å². The fourth-order valence-electron chi connectivity index (χ4n) is 4.50. The van der Waals surface area contributed by atoms with Gasteiger partial charge in [-0.15, -0.1) is 0 Å². The van der Waals surface area contributed by atoms with E-state index in [2.05, 4.69) is 35.3 Å². The van der Waals surface area contributed by atoms with Gasteiger partial charge in [-0.2, -0.15) is 0 Å². The molecule has 3 aromatic rings. The zero-order valence-corrected chi connectivity index (χ0v) is 18.7. The van der Waals surface area contributed by atoms with E-state index in [1.807, 2.05) is 56.6 Å². The van der Waals surface area contributed by atoms with Crippen LogP contribution in [0.4, 0.5) is 4.79 Å². The molecule has 166 valence electrons. The lowest BCUT2D eigenvalue weighted by atomic mass is 9.84. The molecule has 1 aliphatic rings. The van der Waals surface area contributed by atoms with Gasteiger partial charge >= 0.3 is 6.09 Å². The molecule has 0 spiro atoms. The van der Waals surface area contributed by atoms with Crippen LogP contribution in [0.25, 0.3) is 11.1 Å². The normalized spacial score (nSPS) is 19.5. The zero-order chi connectivity index (χ0) is 22.6. The number of pyridine rings is 1. The van der Waals surface area contributed by atoms with E-state index in [4.69, 9.17) is 4.74 Å². The molecule has 1 amide bonds. The highest BCUT2D eigenvalue weighted by atomic mass is 16.6. The molecule has 2 atom stereocenters. The molecule has 0 radical (unpaired) electrons. The Labute approximate surface area is 189 Å². The van der Waals surface area contributed by atoms with Crippen molar-refractivity contribution in [3.63, 3.8) is 0 Å². The molecule has 32 heavy (non-hydrogen) atoms. The van der Waals surface area contributed by atoms with Gasteiger partial charge in [-0.05, 0) is 55.0 Å². The van der Waals surface area contributed by atoms with Crippen LogP contribution in [-0.4, -0.2) is 34.2 Å². The molecule has 1 N–H and O–H groups in total. The van der Waals surface area contributed by atoms with E-state index in [0.717, 1.165) is 27.8 Å². The second-order valence-corrected chi connectivity index (χ2v) is 8.55. The first-order chi connectivity index (χ1) is 15.5. The van der Waals surface area contributed by atoms with Crippen LogP contribution in [0.3, 0.4) is 0 Å². The number of aliphatic hydroxyl groups is 1. The molecule has 1 saturated heterocycles. The minimum absolute atomic E-state index is 0.0784. The standard InChI is InChI=1S/C27H30N2O3/c1-20-17-24(19-28-18-20)23-11-9-22(10-12-23)21(2)29-15-14-27(13-6-16-30,32-26(29)31)25-7-4-3-5-8-25/h3-5,7-12,17-19,21,30H,6,13-16H2,1-2H3/t21-,27+/m0/s1. The predicted octanol–water partition coefficient (Wildman–Crippen LogP) is 5.63. The van der Waals surface area contributed by atoms with Gasteiger partial charge in [0.15, 0.2) is 0 Å². The van der Waals surface area contributed by atoms with E-state index in [1.54, 1.807) is 4.90 Å². The minimum atomic E-state index is -0.681. The lowest BCUT2D eigenvalue weighted by molar-refractivity contribution is -0.0680. The van der Waals surface area contributed by atoms with Gasteiger partial charge in [0.1, 0.15) is 5.60 Å². The van der Waals surface area contributed by atoms with Crippen molar-refractivity contribution in [1.82, 2.24) is 9.88 Å². The number of aryl methyl sites for hydroxylation is 1. The van der Waals surface area contributed by atoms with Crippen LogP contribution in [0.5, 0.6) is 0 Å². The first kappa shape index (κ1) is 22.0. The van der Waals surface area contributed by atoms with Gasteiger partial charge in [-0.1, -0.05) is 54.6 Å². The number of hydrogen-bond donors (Lipinski definition) is 1. The fourth-order valence-corrected chi connectivity index (χ4v) is 4.50. The average Bonchev–Trinajstić information content (AvgIpc) is 2.83. The third kappa shape index (κ3) is 4.53. The molecule has 1 aromatic heterocycles. The number of aliphatic hydroxyl groups excluding tert-OH is 1. The topological polar surface area (TPSA) is 62.7 Å². The Bertz CT molecular complexity index is 1050. The maximum absolute atomic E-state index is 13.1. The van der Waals surface area contributed by atoms with Crippen LogP contribution < -0.4 is 0 Å². The number of carbonyl (C=O) groups excluding carboxylic acids is 1. The first-order valence-electron chi connectivity index (χ1n) is 11.2. The van der Waals surface area contributed by atoms with Crippen LogP contribution in [0.15, 0.2) is 73.1 Å². The number of carbonyl (C=O) groups is 1. The number of ether oxygens (including phenoxy) is 1. The van der Waals surface area contributed by atoms with Crippen LogP contribution in [0, 0.1) is 6.92 Å². The highest BCUT2D eigenvalue weighted by molar-refractivity contribution is 5.70. The van der Waals surface area contributed by atoms with Gasteiger partial charge < -0.3 is 14.7 Å². The Morgan fingerprint density at radius 1 is 1.09 bits per heavy atom. The van der Waals surface area contributed by atoms with Gasteiger partial charge in [-0.25, -0.2) is 4.79 Å². The van der Waals surface area contributed by atoms with Crippen molar-refractivity contribution in [2.45, 2.75) is 44.8 Å². The summed E-state index contributed by atoms with van der Waals surface area (Å²) < 4.78 is 6.09. The molecule has 0 aliphatic carbocycles. The number of benzene rings is 2. The number of rotatable bonds is 7. The van der Waals surface area contributed by atoms with Crippen LogP contribution >= 0.6 is 0 Å². The number of nitrogens with zero attached hydrogens (tertiary/aromatic N) is 2. The molecule has 0 saturated carbocycles. The van der Waals surface area contributed by atoms with Crippen molar-refractivity contribution in [1.29, 1.82) is 0 Å². The van der Waals surface area contributed by atoms with Gasteiger partial charge in [-0.3, -0.25) is 4.98 Å². The molecule has 0 unspecified atom stereocenters. The van der Waals surface area contributed by atoms with Crippen LogP contribution in [0.1, 0.15) is 48.9 Å². The molecule has 1 aliphatic heterocycles. The Morgan fingerprint density at radius 3 is 2.50 bits per heavy atom. The van der Waals surface area contributed by atoms with Crippen LogP contribution in [-0.2, 0) is 10.3 Å². The molecular weight excluding hydrogens is 400 g/mol. The molecule has 5 nitrogen and oxygen atoms in total. The Kier molecular flexibility index (Phi) is 6.56. The summed E-state index contributed by atoms with van der Waals surface area (Å²) in [5.41, 5.74) is 4.68. The van der Waals surface area contributed by atoms with Crippen molar-refractivity contribution < 1.29 is 14.6 Å². The molecule has 5 heteroatoms. The van der Waals surface area contributed by atoms with Crippen LogP contribution in [0.2, 0.25) is 0 Å². The van der Waals surface area contributed by atoms with Crippen molar-refractivity contribution in [3.8, 4) is 11.1 Å². The summed E-state index contributed by atoms with van der Waals surface area (Å²) in [6.45, 7) is 4.75. The molecular formula is C27H30N2O3. The third-order valence-corrected chi connectivity index (χ3v) is 6.38. The van der Waals surface area contributed by atoms with E-state index in [0.29, 0.717) is 25.8 Å². The Balaban J connectivity index is 1.51. The molecule has 0 bridgehead atoms. The van der Waals surface area contributed by atoms with Gasteiger partial charge in [0.05, 0.1) is 6.04 Å². The van der Waals surface area contributed by atoms with E-state index >= 15 is 0 Å². The third-order valence-electron chi connectivity index (χ3n) is 6.38. The first-order valence-corrected chi connectivity index (χ1v) is 11.2. The van der Waals surface area contributed by atoms with Crippen molar-refractivity contribution in [2.75, 3.05) is 13.2 Å². The number of amides is 1. The smallest absolute Gasteiger partial charge is 0.411 e. The van der Waals surface area contributed by atoms with E-state index in [-0.39, 0.29) is 18.7 Å². The van der Waals surface area contributed by atoms with Crippen molar-refractivity contribution in [2.24, 2.45) is 0 Å². The minimum Gasteiger partial charge on any atom is -0.438 e. The predicted molar refractivity (Wildman–Crippen MR) is 125 cm³/mol. The van der Waals surface area contributed by atoms with E-state index in [1.165, 1.54) is 0 Å². The largest absolute Gasteiger partial charge is 0.438 e. The molecule has 1 fully saturated rings. The van der Waals surface area contributed by atoms with Gasteiger partial charge in [0.2, 0.25) is 0 Å².